The van der Waals surface area contributed by atoms with Crippen LogP contribution in [0, 0.1) is 12.8 Å². The third-order valence-corrected chi connectivity index (χ3v) is 3.24. The van der Waals surface area contributed by atoms with Gasteiger partial charge in [0.15, 0.2) is 11.5 Å². The van der Waals surface area contributed by atoms with E-state index in [1.54, 1.807) is 0 Å². The van der Waals surface area contributed by atoms with Crippen molar-refractivity contribution in [2.75, 3.05) is 11.9 Å². The number of aryl methyl sites for hydroxylation is 1. The van der Waals surface area contributed by atoms with E-state index in [1.807, 2.05) is 19.1 Å². The summed E-state index contributed by atoms with van der Waals surface area (Å²) in [5, 5.41) is 3.47. The minimum Gasteiger partial charge on any atom is -0.441 e. The molecule has 0 atom stereocenters. The summed E-state index contributed by atoms with van der Waals surface area (Å²) in [6.45, 7) is 7.37. The first-order valence-corrected chi connectivity index (χ1v) is 6.34. The summed E-state index contributed by atoms with van der Waals surface area (Å²) >= 11 is 0. The molecule has 0 fully saturated rings. The van der Waals surface area contributed by atoms with Gasteiger partial charge in [0.05, 0.1) is 0 Å². The Hall–Kier alpha value is -1.51. The van der Waals surface area contributed by atoms with Gasteiger partial charge < -0.3 is 9.73 Å². The van der Waals surface area contributed by atoms with Crippen molar-refractivity contribution in [3.05, 3.63) is 24.1 Å². The maximum Gasteiger partial charge on any atom is 0.192 e. The van der Waals surface area contributed by atoms with Gasteiger partial charge in [-0.05, 0) is 24.1 Å². The van der Waals surface area contributed by atoms with Crippen LogP contribution in [-0.4, -0.2) is 11.5 Å². The van der Waals surface area contributed by atoms with Crippen molar-refractivity contribution in [1.82, 2.24) is 4.98 Å². The molecule has 2 rings (SSSR count). The largest absolute Gasteiger partial charge is 0.441 e. The standard InChI is InChI=1S/C14H20N2O/c1-4-11(5-2)9-15-12-6-7-14-13(8-12)16-10(3)17-14/h6-8,11,15H,4-5,9H2,1-3H3. The van der Waals surface area contributed by atoms with Crippen LogP contribution in [0.4, 0.5) is 5.69 Å². The summed E-state index contributed by atoms with van der Waals surface area (Å²) in [4.78, 5) is 4.33. The second-order valence-corrected chi connectivity index (χ2v) is 4.48. The third-order valence-electron chi connectivity index (χ3n) is 3.24. The molecule has 0 amide bonds. The first-order valence-electron chi connectivity index (χ1n) is 6.34. The van der Waals surface area contributed by atoms with Gasteiger partial charge >= 0.3 is 0 Å². The number of anilines is 1. The van der Waals surface area contributed by atoms with E-state index in [0.29, 0.717) is 0 Å². The number of rotatable bonds is 5. The third kappa shape index (κ3) is 2.78. The first-order chi connectivity index (χ1) is 8.22. The number of nitrogens with zero attached hydrogens (tertiary/aromatic N) is 1. The van der Waals surface area contributed by atoms with Crippen LogP contribution >= 0.6 is 0 Å². The van der Waals surface area contributed by atoms with Crippen LogP contribution in [-0.2, 0) is 0 Å². The Labute approximate surface area is 102 Å². The molecule has 0 saturated heterocycles. The zero-order chi connectivity index (χ0) is 12.3. The molecule has 3 nitrogen and oxygen atoms in total. The number of hydrogen-bond donors (Lipinski definition) is 1. The van der Waals surface area contributed by atoms with Crippen molar-refractivity contribution in [1.29, 1.82) is 0 Å². The molecule has 0 aliphatic carbocycles. The van der Waals surface area contributed by atoms with E-state index in [0.717, 1.165) is 35.1 Å². The van der Waals surface area contributed by atoms with Crippen LogP contribution in [0.25, 0.3) is 11.1 Å². The van der Waals surface area contributed by atoms with E-state index in [1.165, 1.54) is 12.8 Å². The second-order valence-electron chi connectivity index (χ2n) is 4.48. The highest BCUT2D eigenvalue weighted by Crippen LogP contribution is 2.20. The summed E-state index contributed by atoms with van der Waals surface area (Å²) in [5.74, 6) is 1.46. The fourth-order valence-electron chi connectivity index (χ4n) is 1.99. The molecule has 0 radical (unpaired) electrons. The number of benzene rings is 1. The fourth-order valence-corrected chi connectivity index (χ4v) is 1.99. The normalized spacial score (nSPS) is 11.3. The van der Waals surface area contributed by atoms with Crippen LogP contribution in [0.1, 0.15) is 32.6 Å². The lowest BCUT2D eigenvalue weighted by Crippen LogP contribution is -2.12. The van der Waals surface area contributed by atoms with Gasteiger partial charge in [-0.3, -0.25) is 0 Å². The number of aromatic nitrogens is 1. The molecule has 92 valence electrons. The van der Waals surface area contributed by atoms with Crippen molar-refractivity contribution in [3.8, 4) is 0 Å². The van der Waals surface area contributed by atoms with E-state index >= 15 is 0 Å². The van der Waals surface area contributed by atoms with Gasteiger partial charge in [0.1, 0.15) is 5.52 Å². The average molecular weight is 232 g/mol. The lowest BCUT2D eigenvalue weighted by Gasteiger charge is -2.14. The summed E-state index contributed by atoms with van der Waals surface area (Å²) in [5.41, 5.74) is 2.91. The number of fused-ring (bicyclic) bond motifs is 1. The monoisotopic (exact) mass is 232 g/mol. The molecule has 1 aromatic heterocycles. The quantitative estimate of drug-likeness (QED) is 0.847. The molecule has 3 heteroatoms. The Bertz CT molecular complexity index is 486. The topological polar surface area (TPSA) is 38.1 Å². The highest BCUT2D eigenvalue weighted by atomic mass is 16.3. The van der Waals surface area contributed by atoms with Crippen molar-refractivity contribution < 1.29 is 4.42 Å². The van der Waals surface area contributed by atoms with E-state index in [-0.39, 0.29) is 0 Å². The Kier molecular flexibility index (Phi) is 3.67. The van der Waals surface area contributed by atoms with Crippen molar-refractivity contribution >= 4 is 16.8 Å². The minimum absolute atomic E-state index is 0.720. The summed E-state index contributed by atoms with van der Waals surface area (Å²) in [6.07, 6.45) is 2.43. The van der Waals surface area contributed by atoms with Crippen molar-refractivity contribution in [2.45, 2.75) is 33.6 Å². The predicted molar refractivity (Wildman–Crippen MR) is 71.3 cm³/mol. The molecular formula is C14H20N2O. The average Bonchev–Trinajstić information content (AvgIpc) is 2.69. The van der Waals surface area contributed by atoms with Gasteiger partial charge in [-0.25, -0.2) is 4.98 Å². The van der Waals surface area contributed by atoms with Gasteiger partial charge in [0.2, 0.25) is 0 Å². The minimum atomic E-state index is 0.720. The van der Waals surface area contributed by atoms with E-state index in [4.69, 9.17) is 4.42 Å². The van der Waals surface area contributed by atoms with E-state index < -0.39 is 0 Å². The lowest BCUT2D eigenvalue weighted by molar-refractivity contribution is 0.519. The summed E-state index contributed by atoms with van der Waals surface area (Å²) in [7, 11) is 0. The molecule has 0 unspecified atom stereocenters. The molecule has 0 bridgehead atoms. The molecule has 17 heavy (non-hydrogen) atoms. The number of oxazole rings is 1. The summed E-state index contributed by atoms with van der Waals surface area (Å²) in [6, 6.07) is 6.08. The molecule has 1 heterocycles. The molecule has 0 aliphatic rings. The Balaban J connectivity index is 2.08. The van der Waals surface area contributed by atoms with Crippen molar-refractivity contribution in [2.24, 2.45) is 5.92 Å². The SMILES string of the molecule is CCC(CC)CNc1ccc2oc(C)nc2c1. The van der Waals surface area contributed by atoms with Crippen LogP contribution in [0.3, 0.4) is 0 Å². The Morgan fingerprint density at radius 3 is 2.76 bits per heavy atom. The van der Waals surface area contributed by atoms with E-state index in [2.05, 4.69) is 30.2 Å². The maximum absolute atomic E-state index is 5.45. The predicted octanol–water partition coefficient (Wildman–Crippen LogP) is 3.98. The first kappa shape index (κ1) is 12.0. The molecule has 1 N–H and O–H groups in total. The smallest absolute Gasteiger partial charge is 0.192 e. The van der Waals surface area contributed by atoms with Gasteiger partial charge in [0, 0.05) is 19.2 Å². The van der Waals surface area contributed by atoms with Crippen LogP contribution in [0.5, 0.6) is 0 Å². The molecule has 0 saturated carbocycles. The fraction of sp³-hybridized carbons (Fsp3) is 0.500. The lowest BCUT2D eigenvalue weighted by atomic mass is 10.0. The van der Waals surface area contributed by atoms with Gasteiger partial charge in [-0.1, -0.05) is 26.7 Å². The highest BCUT2D eigenvalue weighted by Gasteiger charge is 2.05. The molecule has 0 aliphatic heterocycles. The summed E-state index contributed by atoms with van der Waals surface area (Å²) < 4.78 is 5.45. The molecular weight excluding hydrogens is 212 g/mol. The molecule has 1 aromatic carbocycles. The Morgan fingerprint density at radius 1 is 1.29 bits per heavy atom. The van der Waals surface area contributed by atoms with Gasteiger partial charge in [0.25, 0.3) is 0 Å². The zero-order valence-electron chi connectivity index (χ0n) is 10.8. The number of nitrogens with one attached hydrogen (secondary N) is 1. The molecule has 2 aromatic rings. The van der Waals surface area contributed by atoms with Gasteiger partial charge in [-0.2, -0.15) is 0 Å². The van der Waals surface area contributed by atoms with Crippen LogP contribution in [0.15, 0.2) is 22.6 Å². The van der Waals surface area contributed by atoms with E-state index in [9.17, 15) is 0 Å². The van der Waals surface area contributed by atoms with Crippen LogP contribution in [0.2, 0.25) is 0 Å². The highest BCUT2D eigenvalue weighted by molar-refractivity contribution is 5.77. The van der Waals surface area contributed by atoms with Crippen molar-refractivity contribution in [3.63, 3.8) is 0 Å². The van der Waals surface area contributed by atoms with Crippen LogP contribution < -0.4 is 5.32 Å². The zero-order valence-corrected chi connectivity index (χ0v) is 10.8. The molecule has 0 spiro atoms. The Morgan fingerprint density at radius 2 is 2.06 bits per heavy atom. The second kappa shape index (κ2) is 5.21. The number of hydrogen-bond acceptors (Lipinski definition) is 3. The maximum atomic E-state index is 5.45. The van der Waals surface area contributed by atoms with Gasteiger partial charge in [-0.15, -0.1) is 0 Å².